The molecule has 0 saturated heterocycles. The van der Waals surface area contributed by atoms with Crippen molar-refractivity contribution in [3.05, 3.63) is 0 Å². The Morgan fingerprint density at radius 2 is 2.00 bits per heavy atom. The van der Waals surface area contributed by atoms with Gasteiger partial charge in [0.05, 0.1) is 6.10 Å². The van der Waals surface area contributed by atoms with Gasteiger partial charge >= 0.3 is 0 Å². The Hall–Kier alpha value is -0.0400. The van der Waals surface area contributed by atoms with E-state index in [-0.39, 0.29) is 6.10 Å². The predicted octanol–water partition coefficient (Wildman–Crippen LogP) is 2.83. The summed E-state index contributed by atoms with van der Waals surface area (Å²) in [6.07, 6.45) is 4.62. The second-order valence-corrected chi connectivity index (χ2v) is 4.61. The van der Waals surface area contributed by atoms with Crippen molar-refractivity contribution in [1.29, 1.82) is 0 Å². The highest BCUT2D eigenvalue weighted by Gasteiger charge is 2.27. The van der Waals surface area contributed by atoms with Gasteiger partial charge in [-0.25, -0.2) is 0 Å². The molecule has 1 heteroatoms. The predicted molar refractivity (Wildman–Crippen MR) is 52.0 cm³/mol. The van der Waals surface area contributed by atoms with Crippen LogP contribution in [0, 0.1) is 17.8 Å². The summed E-state index contributed by atoms with van der Waals surface area (Å²) in [5.74, 6) is 2.30. The minimum Gasteiger partial charge on any atom is -0.393 e. The normalized spacial score (nSPS) is 39.5. The van der Waals surface area contributed by atoms with Gasteiger partial charge < -0.3 is 5.11 Å². The molecule has 1 saturated carbocycles. The van der Waals surface area contributed by atoms with Crippen LogP contribution in [0.4, 0.5) is 0 Å². The summed E-state index contributed by atoms with van der Waals surface area (Å²) in [6.45, 7) is 6.82. The Labute approximate surface area is 76.2 Å². The van der Waals surface area contributed by atoms with Crippen LogP contribution in [0.5, 0.6) is 0 Å². The lowest BCUT2D eigenvalue weighted by molar-refractivity contribution is 0.0562. The standard InChI is InChI=1S/C11H22O/c1-4-9(3)10-5-8(2)6-11(12)7-10/h8-12H,4-7H2,1-3H3. The van der Waals surface area contributed by atoms with E-state index < -0.39 is 0 Å². The smallest absolute Gasteiger partial charge is 0.0545 e. The van der Waals surface area contributed by atoms with Crippen LogP contribution in [-0.2, 0) is 0 Å². The highest BCUT2D eigenvalue weighted by molar-refractivity contribution is 4.78. The Bertz CT molecular complexity index is 123. The second kappa shape index (κ2) is 4.27. The molecular weight excluding hydrogens is 148 g/mol. The third-order valence-electron chi connectivity index (χ3n) is 3.40. The highest BCUT2D eigenvalue weighted by Crippen LogP contribution is 2.34. The van der Waals surface area contributed by atoms with Crippen LogP contribution in [0.1, 0.15) is 46.5 Å². The van der Waals surface area contributed by atoms with Crippen LogP contribution in [0.2, 0.25) is 0 Å². The second-order valence-electron chi connectivity index (χ2n) is 4.61. The molecule has 1 fully saturated rings. The van der Waals surface area contributed by atoms with Gasteiger partial charge in [0, 0.05) is 0 Å². The third-order valence-corrected chi connectivity index (χ3v) is 3.40. The van der Waals surface area contributed by atoms with Gasteiger partial charge in [-0.2, -0.15) is 0 Å². The molecule has 0 aliphatic heterocycles. The lowest BCUT2D eigenvalue weighted by Gasteiger charge is -2.33. The minimum absolute atomic E-state index is 0.0206. The first kappa shape index (κ1) is 10.0. The fraction of sp³-hybridized carbons (Fsp3) is 1.00. The van der Waals surface area contributed by atoms with Crippen LogP contribution < -0.4 is 0 Å². The lowest BCUT2D eigenvalue weighted by atomic mass is 9.74. The summed E-state index contributed by atoms with van der Waals surface area (Å²) in [4.78, 5) is 0. The lowest BCUT2D eigenvalue weighted by Crippen LogP contribution is -2.28. The van der Waals surface area contributed by atoms with Crippen LogP contribution in [-0.4, -0.2) is 11.2 Å². The van der Waals surface area contributed by atoms with Crippen molar-refractivity contribution in [1.82, 2.24) is 0 Å². The molecule has 0 radical (unpaired) electrons. The van der Waals surface area contributed by atoms with E-state index in [9.17, 15) is 5.11 Å². The van der Waals surface area contributed by atoms with Crippen LogP contribution >= 0.6 is 0 Å². The zero-order chi connectivity index (χ0) is 9.14. The third kappa shape index (κ3) is 2.48. The zero-order valence-corrected chi connectivity index (χ0v) is 8.59. The Kier molecular flexibility index (Phi) is 3.57. The number of aliphatic hydroxyl groups is 1. The first-order chi connectivity index (χ1) is 5.63. The summed E-state index contributed by atoms with van der Waals surface area (Å²) in [6, 6.07) is 0. The Morgan fingerprint density at radius 3 is 2.50 bits per heavy atom. The van der Waals surface area contributed by atoms with E-state index >= 15 is 0 Å². The summed E-state index contributed by atoms with van der Waals surface area (Å²) in [5.41, 5.74) is 0. The van der Waals surface area contributed by atoms with Crippen LogP contribution in [0.25, 0.3) is 0 Å². The maximum absolute atomic E-state index is 9.59. The molecule has 1 aliphatic rings. The fourth-order valence-electron chi connectivity index (χ4n) is 2.42. The van der Waals surface area contributed by atoms with Crippen molar-refractivity contribution in [2.75, 3.05) is 0 Å². The molecule has 0 amide bonds. The van der Waals surface area contributed by atoms with Crippen molar-refractivity contribution in [3.8, 4) is 0 Å². The molecule has 0 bridgehead atoms. The molecule has 0 spiro atoms. The Balaban J connectivity index is 2.43. The number of hydrogen-bond acceptors (Lipinski definition) is 1. The van der Waals surface area contributed by atoms with Gasteiger partial charge in [0.1, 0.15) is 0 Å². The SMILES string of the molecule is CCC(C)C1CC(C)CC(O)C1. The molecule has 1 nitrogen and oxygen atoms in total. The van der Waals surface area contributed by atoms with Gasteiger partial charge in [-0.3, -0.25) is 0 Å². The maximum atomic E-state index is 9.59. The summed E-state index contributed by atoms with van der Waals surface area (Å²) in [5, 5.41) is 9.59. The molecule has 4 unspecified atom stereocenters. The fourth-order valence-corrected chi connectivity index (χ4v) is 2.42. The Morgan fingerprint density at radius 1 is 1.33 bits per heavy atom. The van der Waals surface area contributed by atoms with E-state index in [1.54, 1.807) is 0 Å². The van der Waals surface area contributed by atoms with Gasteiger partial charge in [0.25, 0.3) is 0 Å². The molecule has 4 atom stereocenters. The highest BCUT2D eigenvalue weighted by atomic mass is 16.3. The number of rotatable bonds is 2. The number of hydrogen-bond donors (Lipinski definition) is 1. The van der Waals surface area contributed by atoms with E-state index in [0.29, 0.717) is 0 Å². The minimum atomic E-state index is -0.0206. The topological polar surface area (TPSA) is 20.2 Å². The van der Waals surface area contributed by atoms with Gasteiger partial charge in [-0.1, -0.05) is 27.2 Å². The van der Waals surface area contributed by atoms with Crippen molar-refractivity contribution in [2.45, 2.75) is 52.6 Å². The molecule has 72 valence electrons. The van der Waals surface area contributed by atoms with Crippen LogP contribution in [0.15, 0.2) is 0 Å². The van der Waals surface area contributed by atoms with Gasteiger partial charge in [-0.15, -0.1) is 0 Å². The monoisotopic (exact) mass is 170 g/mol. The summed E-state index contributed by atoms with van der Waals surface area (Å²) < 4.78 is 0. The van der Waals surface area contributed by atoms with Crippen molar-refractivity contribution < 1.29 is 5.11 Å². The molecule has 0 aromatic carbocycles. The molecule has 1 N–H and O–H groups in total. The van der Waals surface area contributed by atoms with Gasteiger partial charge in [0.2, 0.25) is 0 Å². The molecule has 12 heavy (non-hydrogen) atoms. The first-order valence-electron chi connectivity index (χ1n) is 5.31. The quantitative estimate of drug-likeness (QED) is 0.675. The maximum Gasteiger partial charge on any atom is 0.0545 e. The summed E-state index contributed by atoms with van der Waals surface area (Å²) >= 11 is 0. The van der Waals surface area contributed by atoms with E-state index in [0.717, 1.165) is 30.6 Å². The molecular formula is C11H22O. The summed E-state index contributed by atoms with van der Waals surface area (Å²) in [7, 11) is 0. The van der Waals surface area contributed by atoms with Crippen molar-refractivity contribution >= 4 is 0 Å². The molecule has 1 rings (SSSR count). The largest absolute Gasteiger partial charge is 0.393 e. The van der Waals surface area contributed by atoms with Crippen molar-refractivity contribution in [3.63, 3.8) is 0 Å². The van der Waals surface area contributed by atoms with Gasteiger partial charge in [-0.05, 0) is 37.0 Å². The molecule has 0 aromatic heterocycles. The average Bonchev–Trinajstić information content (AvgIpc) is 2.01. The first-order valence-corrected chi connectivity index (χ1v) is 5.31. The van der Waals surface area contributed by atoms with E-state index in [1.807, 2.05) is 0 Å². The van der Waals surface area contributed by atoms with Crippen molar-refractivity contribution in [2.24, 2.45) is 17.8 Å². The average molecular weight is 170 g/mol. The zero-order valence-electron chi connectivity index (χ0n) is 8.59. The molecule has 0 aromatic rings. The molecule has 0 heterocycles. The van der Waals surface area contributed by atoms with E-state index in [4.69, 9.17) is 0 Å². The van der Waals surface area contributed by atoms with E-state index in [1.165, 1.54) is 12.8 Å². The van der Waals surface area contributed by atoms with Gasteiger partial charge in [0.15, 0.2) is 0 Å². The number of aliphatic hydroxyl groups excluding tert-OH is 1. The molecule has 1 aliphatic carbocycles. The van der Waals surface area contributed by atoms with E-state index in [2.05, 4.69) is 20.8 Å². The van der Waals surface area contributed by atoms with Crippen LogP contribution in [0.3, 0.4) is 0 Å².